The Hall–Kier alpha value is -2.20. The van der Waals surface area contributed by atoms with Gasteiger partial charge >= 0.3 is 0 Å². The summed E-state index contributed by atoms with van der Waals surface area (Å²) in [4.78, 5) is 25.4. The van der Waals surface area contributed by atoms with Crippen molar-refractivity contribution in [1.29, 1.82) is 0 Å². The van der Waals surface area contributed by atoms with Crippen molar-refractivity contribution < 1.29 is 27.1 Å². The molecule has 0 bridgehead atoms. The van der Waals surface area contributed by atoms with Gasteiger partial charge in [0.1, 0.15) is 6.04 Å². The standard InChI is InChI=1S/C19H26FN3O5S/c1-3-29(26,27)23-11-15(18(25)22-19(12-23)8-4-5-9-19)21-17(24)13-6-7-16(28-2)14(20)10-13/h6-7,10,15H,3-5,8-9,11-12H2,1-2H3,(H,21,24)(H,22,25). The van der Waals surface area contributed by atoms with Crippen LogP contribution in [0, 0.1) is 5.82 Å². The van der Waals surface area contributed by atoms with Gasteiger partial charge in [0.2, 0.25) is 15.9 Å². The highest BCUT2D eigenvalue weighted by Crippen LogP contribution is 2.33. The van der Waals surface area contributed by atoms with Gasteiger partial charge in [-0.3, -0.25) is 9.59 Å². The molecule has 2 fully saturated rings. The summed E-state index contributed by atoms with van der Waals surface area (Å²) in [7, 11) is -2.25. The van der Waals surface area contributed by atoms with Gasteiger partial charge in [0.25, 0.3) is 5.91 Å². The molecule has 1 saturated carbocycles. The Kier molecular flexibility index (Phi) is 6.13. The first-order valence-corrected chi connectivity index (χ1v) is 11.2. The molecule has 1 aromatic rings. The van der Waals surface area contributed by atoms with Crippen molar-refractivity contribution >= 4 is 21.8 Å². The van der Waals surface area contributed by atoms with Crippen LogP contribution in [0.15, 0.2) is 18.2 Å². The molecule has 2 aliphatic rings. The molecule has 1 aliphatic heterocycles. The van der Waals surface area contributed by atoms with E-state index in [1.807, 2.05) is 0 Å². The number of carbonyl (C=O) groups is 2. The number of amides is 2. The van der Waals surface area contributed by atoms with Crippen LogP contribution in [0.5, 0.6) is 5.75 Å². The van der Waals surface area contributed by atoms with Crippen molar-refractivity contribution in [3.63, 3.8) is 0 Å². The molecule has 10 heteroatoms. The Morgan fingerprint density at radius 1 is 1.38 bits per heavy atom. The molecular weight excluding hydrogens is 401 g/mol. The van der Waals surface area contributed by atoms with E-state index in [2.05, 4.69) is 10.6 Å². The molecule has 1 heterocycles. The second-order valence-corrected chi connectivity index (χ2v) is 9.80. The number of benzene rings is 1. The maximum atomic E-state index is 13.9. The van der Waals surface area contributed by atoms with Gasteiger partial charge in [-0.25, -0.2) is 12.8 Å². The Labute approximate surface area is 169 Å². The van der Waals surface area contributed by atoms with E-state index < -0.39 is 39.2 Å². The van der Waals surface area contributed by atoms with Crippen LogP contribution in [0.25, 0.3) is 0 Å². The van der Waals surface area contributed by atoms with Crippen LogP contribution in [-0.2, 0) is 14.8 Å². The van der Waals surface area contributed by atoms with Gasteiger partial charge in [0.05, 0.1) is 18.4 Å². The monoisotopic (exact) mass is 427 g/mol. The minimum atomic E-state index is -3.57. The largest absolute Gasteiger partial charge is 0.494 e. The second-order valence-electron chi connectivity index (χ2n) is 7.55. The first-order chi connectivity index (χ1) is 13.7. The maximum absolute atomic E-state index is 13.9. The molecular formula is C19H26FN3O5S. The minimum absolute atomic E-state index is 0.00264. The number of ether oxygens (including phenoxy) is 1. The zero-order valence-electron chi connectivity index (χ0n) is 16.5. The molecule has 2 amide bonds. The first-order valence-electron chi connectivity index (χ1n) is 9.64. The highest BCUT2D eigenvalue weighted by Gasteiger charge is 2.45. The van der Waals surface area contributed by atoms with Crippen LogP contribution in [0.2, 0.25) is 0 Å². The summed E-state index contributed by atoms with van der Waals surface area (Å²) in [5, 5.41) is 5.52. The van der Waals surface area contributed by atoms with E-state index in [0.29, 0.717) is 12.8 Å². The summed E-state index contributed by atoms with van der Waals surface area (Å²) in [5.41, 5.74) is -0.591. The van der Waals surface area contributed by atoms with Crippen LogP contribution >= 0.6 is 0 Å². The van der Waals surface area contributed by atoms with Crippen LogP contribution in [-0.4, -0.2) is 62.1 Å². The van der Waals surface area contributed by atoms with Gasteiger partial charge in [-0.2, -0.15) is 4.31 Å². The number of halogens is 1. The summed E-state index contributed by atoms with van der Waals surface area (Å²) >= 11 is 0. The molecule has 0 aromatic heterocycles. The lowest BCUT2D eigenvalue weighted by Gasteiger charge is -2.32. The maximum Gasteiger partial charge on any atom is 0.252 e. The molecule has 1 unspecified atom stereocenters. The van der Waals surface area contributed by atoms with Gasteiger partial charge in [0.15, 0.2) is 11.6 Å². The summed E-state index contributed by atoms with van der Waals surface area (Å²) in [5.74, 6) is -1.89. The molecule has 1 aliphatic carbocycles. The Morgan fingerprint density at radius 2 is 2.07 bits per heavy atom. The smallest absolute Gasteiger partial charge is 0.252 e. The fourth-order valence-electron chi connectivity index (χ4n) is 3.97. The van der Waals surface area contributed by atoms with Crippen LogP contribution in [0.1, 0.15) is 43.0 Å². The molecule has 8 nitrogen and oxygen atoms in total. The lowest BCUT2D eigenvalue weighted by Crippen LogP contribution is -2.54. The first kappa shape index (κ1) is 21.5. The van der Waals surface area contributed by atoms with Crippen molar-refractivity contribution in [2.75, 3.05) is 26.0 Å². The number of carbonyl (C=O) groups excluding carboxylic acids is 2. The van der Waals surface area contributed by atoms with Crippen LogP contribution < -0.4 is 15.4 Å². The van der Waals surface area contributed by atoms with E-state index in [1.54, 1.807) is 6.92 Å². The van der Waals surface area contributed by atoms with Crippen LogP contribution in [0.3, 0.4) is 0 Å². The third-order valence-electron chi connectivity index (χ3n) is 5.61. The molecule has 0 radical (unpaired) electrons. The predicted octanol–water partition coefficient (Wildman–Crippen LogP) is 1.03. The number of nitrogens with zero attached hydrogens (tertiary/aromatic N) is 1. The van der Waals surface area contributed by atoms with E-state index in [4.69, 9.17) is 4.74 Å². The molecule has 3 rings (SSSR count). The summed E-state index contributed by atoms with van der Waals surface area (Å²) in [6, 6.07) is 2.64. The lowest BCUT2D eigenvalue weighted by molar-refractivity contribution is -0.124. The van der Waals surface area contributed by atoms with E-state index in [1.165, 1.54) is 23.5 Å². The molecule has 160 valence electrons. The van der Waals surface area contributed by atoms with Gasteiger partial charge in [-0.05, 0) is 38.0 Å². The Bertz CT molecular complexity index is 899. The highest BCUT2D eigenvalue weighted by atomic mass is 32.2. The third kappa shape index (κ3) is 4.53. The number of sulfonamides is 1. The van der Waals surface area contributed by atoms with E-state index >= 15 is 0 Å². The normalized spacial score (nSPS) is 22.2. The fraction of sp³-hybridized carbons (Fsp3) is 0.579. The van der Waals surface area contributed by atoms with Crippen molar-refractivity contribution in [2.45, 2.75) is 44.2 Å². The average Bonchev–Trinajstić information content (AvgIpc) is 3.08. The van der Waals surface area contributed by atoms with Crippen molar-refractivity contribution in [1.82, 2.24) is 14.9 Å². The minimum Gasteiger partial charge on any atom is -0.494 e. The number of methoxy groups -OCH3 is 1. The predicted molar refractivity (Wildman–Crippen MR) is 105 cm³/mol. The zero-order valence-corrected chi connectivity index (χ0v) is 17.4. The van der Waals surface area contributed by atoms with Crippen molar-refractivity contribution in [3.8, 4) is 5.75 Å². The van der Waals surface area contributed by atoms with Crippen LogP contribution in [0.4, 0.5) is 4.39 Å². The number of hydrogen-bond acceptors (Lipinski definition) is 5. The lowest BCUT2D eigenvalue weighted by atomic mass is 9.98. The zero-order chi connectivity index (χ0) is 21.2. The number of rotatable bonds is 5. The summed E-state index contributed by atoms with van der Waals surface area (Å²) in [6.07, 6.45) is 3.20. The fourth-order valence-corrected chi connectivity index (χ4v) is 5.15. The van der Waals surface area contributed by atoms with Gasteiger partial charge < -0.3 is 15.4 Å². The van der Waals surface area contributed by atoms with Gasteiger partial charge in [0, 0.05) is 18.7 Å². The Morgan fingerprint density at radius 3 is 2.66 bits per heavy atom. The van der Waals surface area contributed by atoms with E-state index in [9.17, 15) is 22.4 Å². The third-order valence-corrected chi connectivity index (χ3v) is 7.40. The number of hydrogen-bond donors (Lipinski definition) is 2. The average molecular weight is 427 g/mol. The SMILES string of the molecule is CCS(=O)(=O)N1CC(NC(=O)c2ccc(OC)c(F)c2)C(=O)NC2(CCCC2)C1. The molecule has 2 N–H and O–H groups in total. The Balaban J connectivity index is 1.84. The topological polar surface area (TPSA) is 105 Å². The van der Waals surface area contributed by atoms with E-state index in [-0.39, 0.29) is 30.2 Å². The molecule has 1 spiro atoms. The van der Waals surface area contributed by atoms with Crippen molar-refractivity contribution in [3.05, 3.63) is 29.6 Å². The summed E-state index contributed by atoms with van der Waals surface area (Å²) < 4.78 is 45.2. The molecule has 1 atom stereocenters. The summed E-state index contributed by atoms with van der Waals surface area (Å²) in [6.45, 7) is 1.58. The van der Waals surface area contributed by atoms with Gasteiger partial charge in [-0.15, -0.1) is 0 Å². The quantitative estimate of drug-likeness (QED) is 0.730. The molecule has 29 heavy (non-hydrogen) atoms. The second kappa shape index (κ2) is 8.27. The number of nitrogens with one attached hydrogen (secondary N) is 2. The molecule has 1 aromatic carbocycles. The van der Waals surface area contributed by atoms with E-state index in [0.717, 1.165) is 18.9 Å². The highest BCUT2D eigenvalue weighted by molar-refractivity contribution is 7.89. The van der Waals surface area contributed by atoms with Crippen molar-refractivity contribution in [2.24, 2.45) is 0 Å². The van der Waals surface area contributed by atoms with Gasteiger partial charge in [-0.1, -0.05) is 12.8 Å². The molecule has 1 saturated heterocycles.